The number of aromatic amines is 1. The number of nitrogens with one attached hydrogen (secondary N) is 1. The lowest BCUT2D eigenvalue weighted by molar-refractivity contribution is 0.206. The van der Waals surface area contributed by atoms with Gasteiger partial charge in [-0.15, -0.1) is 0 Å². The van der Waals surface area contributed by atoms with Crippen LogP contribution in [0.3, 0.4) is 0 Å². The molecule has 1 atom stereocenters. The average molecular weight is 323 g/mol. The third-order valence-electron chi connectivity index (χ3n) is 5.15. The monoisotopic (exact) mass is 323 g/mol. The van der Waals surface area contributed by atoms with E-state index in [4.69, 9.17) is 4.98 Å². The molecule has 1 aromatic carbocycles. The summed E-state index contributed by atoms with van der Waals surface area (Å²) >= 11 is 0. The molecule has 0 aliphatic carbocycles. The van der Waals surface area contributed by atoms with Gasteiger partial charge in [0.2, 0.25) is 0 Å². The fourth-order valence-electron chi connectivity index (χ4n) is 3.74. The van der Waals surface area contributed by atoms with Crippen LogP contribution in [0.25, 0.3) is 11.0 Å². The summed E-state index contributed by atoms with van der Waals surface area (Å²) in [5, 5.41) is 4.26. The number of benzene rings is 1. The molecule has 1 aliphatic rings. The molecule has 0 bridgehead atoms. The Morgan fingerprint density at radius 2 is 2.21 bits per heavy atom. The van der Waals surface area contributed by atoms with Crippen molar-refractivity contribution in [2.75, 3.05) is 19.6 Å². The zero-order chi connectivity index (χ0) is 16.5. The highest BCUT2D eigenvalue weighted by molar-refractivity contribution is 5.75. The SMILES string of the molecule is Cc1ccc2nc(C3CCCN(CCc4ccnn4C)C3)[nH]c2c1. The number of aromatic nitrogens is 4. The highest BCUT2D eigenvalue weighted by Gasteiger charge is 2.23. The predicted octanol–water partition coefficient (Wildman–Crippen LogP) is 3.03. The van der Waals surface area contributed by atoms with E-state index in [1.807, 2.05) is 17.9 Å². The van der Waals surface area contributed by atoms with Crippen molar-refractivity contribution < 1.29 is 0 Å². The highest BCUT2D eigenvalue weighted by atomic mass is 15.3. The molecule has 1 fully saturated rings. The van der Waals surface area contributed by atoms with E-state index < -0.39 is 0 Å². The maximum atomic E-state index is 4.84. The molecule has 2 aromatic heterocycles. The number of H-pyrrole nitrogens is 1. The molecule has 0 saturated carbocycles. The molecular formula is C19H25N5. The second kappa shape index (κ2) is 6.40. The topological polar surface area (TPSA) is 49.7 Å². The van der Waals surface area contributed by atoms with Crippen molar-refractivity contribution in [3.8, 4) is 0 Å². The summed E-state index contributed by atoms with van der Waals surface area (Å²) in [6.45, 7) is 5.50. The van der Waals surface area contributed by atoms with E-state index in [0.29, 0.717) is 5.92 Å². The van der Waals surface area contributed by atoms with Crippen LogP contribution in [0.15, 0.2) is 30.5 Å². The number of imidazole rings is 1. The number of hydrogen-bond donors (Lipinski definition) is 1. The van der Waals surface area contributed by atoms with Crippen LogP contribution in [0.1, 0.15) is 35.8 Å². The van der Waals surface area contributed by atoms with Gasteiger partial charge in [-0.3, -0.25) is 4.68 Å². The Balaban J connectivity index is 1.44. The Labute approximate surface area is 142 Å². The van der Waals surface area contributed by atoms with Crippen LogP contribution in [0.5, 0.6) is 0 Å². The summed E-state index contributed by atoms with van der Waals surface area (Å²) in [6, 6.07) is 8.56. The summed E-state index contributed by atoms with van der Waals surface area (Å²) in [7, 11) is 2.02. The van der Waals surface area contributed by atoms with E-state index in [1.165, 1.54) is 30.6 Å². The van der Waals surface area contributed by atoms with Crippen molar-refractivity contribution in [3.05, 3.63) is 47.5 Å². The van der Waals surface area contributed by atoms with Crippen LogP contribution < -0.4 is 0 Å². The van der Waals surface area contributed by atoms with E-state index >= 15 is 0 Å². The Morgan fingerprint density at radius 1 is 1.29 bits per heavy atom. The van der Waals surface area contributed by atoms with Gasteiger partial charge in [0.05, 0.1) is 11.0 Å². The van der Waals surface area contributed by atoms with Gasteiger partial charge < -0.3 is 9.88 Å². The average Bonchev–Trinajstić information content (AvgIpc) is 3.19. The van der Waals surface area contributed by atoms with Gasteiger partial charge in [-0.05, 0) is 50.1 Å². The summed E-state index contributed by atoms with van der Waals surface area (Å²) in [5.74, 6) is 1.67. The first-order valence-electron chi connectivity index (χ1n) is 8.84. The van der Waals surface area contributed by atoms with Gasteiger partial charge in [0.25, 0.3) is 0 Å². The van der Waals surface area contributed by atoms with Crippen molar-refractivity contribution in [3.63, 3.8) is 0 Å². The third-order valence-corrected chi connectivity index (χ3v) is 5.15. The molecule has 126 valence electrons. The van der Waals surface area contributed by atoms with Crippen molar-refractivity contribution in [1.82, 2.24) is 24.6 Å². The molecule has 3 aromatic rings. The summed E-state index contributed by atoms with van der Waals surface area (Å²) < 4.78 is 1.98. The van der Waals surface area contributed by atoms with Crippen molar-refractivity contribution in [2.45, 2.75) is 32.1 Å². The fourth-order valence-corrected chi connectivity index (χ4v) is 3.74. The second-order valence-corrected chi connectivity index (χ2v) is 6.98. The first-order valence-corrected chi connectivity index (χ1v) is 8.84. The van der Waals surface area contributed by atoms with Gasteiger partial charge in [-0.25, -0.2) is 4.98 Å². The van der Waals surface area contributed by atoms with E-state index in [2.05, 4.69) is 46.2 Å². The summed E-state index contributed by atoms with van der Waals surface area (Å²) in [4.78, 5) is 11.0. The van der Waals surface area contributed by atoms with Crippen molar-refractivity contribution in [2.24, 2.45) is 7.05 Å². The standard InChI is InChI=1S/C19H25N5/c1-14-5-6-17-18(12-14)22-19(21-17)15-4-3-10-24(13-15)11-8-16-7-9-20-23(16)2/h5-7,9,12,15H,3-4,8,10-11,13H2,1-2H3,(H,21,22). The van der Waals surface area contributed by atoms with E-state index in [9.17, 15) is 0 Å². The molecule has 24 heavy (non-hydrogen) atoms. The molecular weight excluding hydrogens is 298 g/mol. The number of piperidine rings is 1. The predicted molar refractivity (Wildman–Crippen MR) is 96.2 cm³/mol. The summed E-state index contributed by atoms with van der Waals surface area (Å²) in [5.41, 5.74) is 4.83. The molecule has 1 N–H and O–H groups in total. The second-order valence-electron chi connectivity index (χ2n) is 6.98. The minimum absolute atomic E-state index is 0.512. The van der Waals surface area contributed by atoms with Crippen LogP contribution in [0.4, 0.5) is 0 Å². The number of likely N-dealkylation sites (tertiary alicyclic amines) is 1. The van der Waals surface area contributed by atoms with E-state index in [-0.39, 0.29) is 0 Å². The van der Waals surface area contributed by atoms with Gasteiger partial charge in [-0.1, -0.05) is 6.07 Å². The smallest absolute Gasteiger partial charge is 0.111 e. The molecule has 1 aliphatic heterocycles. The molecule has 5 nitrogen and oxygen atoms in total. The zero-order valence-corrected chi connectivity index (χ0v) is 14.5. The molecule has 3 heterocycles. The van der Waals surface area contributed by atoms with Crippen LogP contribution in [0.2, 0.25) is 0 Å². The quantitative estimate of drug-likeness (QED) is 0.803. The lowest BCUT2D eigenvalue weighted by Gasteiger charge is -2.31. The molecule has 0 radical (unpaired) electrons. The molecule has 5 heteroatoms. The molecule has 0 spiro atoms. The minimum Gasteiger partial charge on any atom is -0.342 e. The zero-order valence-electron chi connectivity index (χ0n) is 14.5. The van der Waals surface area contributed by atoms with Crippen LogP contribution >= 0.6 is 0 Å². The van der Waals surface area contributed by atoms with Crippen LogP contribution in [0, 0.1) is 6.92 Å². The largest absolute Gasteiger partial charge is 0.342 e. The Bertz CT molecular complexity index is 831. The van der Waals surface area contributed by atoms with Crippen molar-refractivity contribution in [1.29, 1.82) is 0 Å². The van der Waals surface area contributed by atoms with E-state index in [1.54, 1.807) is 0 Å². The molecule has 1 unspecified atom stereocenters. The van der Waals surface area contributed by atoms with Crippen LogP contribution in [-0.2, 0) is 13.5 Å². The van der Waals surface area contributed by atoms with Crippen molar-refractivity contribution >= 4 is 11.0 Å². The number of fused-ring (bicyclic) bond motifs is 1. The molecule has 0 amide bonds. The lowest BCUT2D eigenvalue weighted by atomic mass is 9.97. The van der Waals surface area contributed by atoms with Gasteiger partial charge in [-0.2, -0.15) is 5.10 Å². The first kappa shape index (κ1) is 15.4. The van der Waals surface area contributed by atoms with Gasteiger partial charge in [0, 0.05) is 44.4 Å². The minimum atomic E-state index is 0.512. The Hall–Kier alpha value is -2.14. The third kappa shape index (κ3) is 3.08. The Morgan fingerprint density at radius 3 is 3.04 bits per heavy atom. The maximum absolute atomic E-state index is 4.84. The first-order chi connectivity index (χ1) is 11.7. The number of nitrogens with zero attached hydrogens (tertiary/aromatic N) is 4. The molecule has 4 rings (SSSR count). The number of hydrogen-bond acceptors (Lipinski definition) is 3. The number of aryl methyl sites for hydroxylation is 2. The highest BCUT2D eigenvalue weighted by Crippen LogP contribution is 2.27. The van der Waals surface area contributed by atoms with Gasteiger partial charge >= 0.3 is 0 Å². The van der Waals surface area contributed by atoms with Crippen LogP contribution in [-0.4, -0.2) is 44.3 Å². The summed E-state index contributed by atoms with van der Waals surface area (Å²) in [6.07, 6.45) is 5.40. The van der Waals surface area contributed by atoms with Gasteiger partial charge in [0.15, 0.2) is 0 Å². The maximum Gasteiger partial charge on any atom is 0.111 e. The fraction of sp³-hybridized carbons (Fsp3) is 0.474. The Kier molecular flexibility index (Phi) is 4.10. The normalized spacial score (nSPS) is 19.2. The number of rotatable bonds is 4. The lowest BCUT2D eigenvalue weighted by Crippen LogP contribution is -2.36. The molecule has 1 saturated heterocycles. The van der Waals surface area contributed by atoms with E-state index in [0.717, 1.165) is 36.4 Å². The van der Waals surface area contributed by atoms with Gasteiger partial charge in [0.1, 0.15) is 5.82 Å².